The SMILES string of the molecule is CCOc1ccc(C2Nc3ccccc3NC3=C2C(=O)CC(c2cc(OC)c(OC)c(OC)c2)C3)cc1. The lowest BCUT2D eigenvalue weighted by molar-refractivity contribution is -0.116. The number of para-hydroxylation sites is 2. The molecule has 1 heterocycles. The fraction of sp³-hybridized carbons (Fsp3) is 0.300. The molecule has 0 amide bonds. The Morgan fingerprint density at radius 1 is 0.838 bits per heavy atom. The lowest BCUT2D eigenvalue weighted by atomic mass is 9.78. The summed E-state index contributed by atoms with van der Waals surface area (Å²) in [7, 11) is 4.79. The zero-order valence-corrected chi connectivity index (χ0v) is 21.6. The molecule has 0 radical (unpaired) electrons. The summed E-state index contributed by atoms with van der Waals surface area (Å²) in [6, 6.07) is 19.6. The number of ketones is 1. The van der Waals surface area contributed by atoms with Crippen molar-refractivity contribution in [2.24, 2.45) is 0 Å². The molecular formula is C30H32N2O5. The minimum Gasteiger partial charge on any atom is -0.494 e. The van der Waals surface area contributed by atoms with Gasteiger partial charge in [-0.15, -0.1) is 0 Å². The minimum absolute atomic E-state index is 0.0429. The zero-order valence-electron chi connectivity index (χ0n) is 21.6. The van der Waals surface area contributed by atoms with Gasteiger partial charge < -0.3 is 29.6 Å². The lowest BCUT2D eigenvalue weighted by Gasteiger charge is -2.30. The summed E-state index contributed by atoms with van der Waals surface area (Å²) >= 11 is 0. The zero-order chi connectivity index (χ0) is 25.9. The van der Waals surface area contributed by atoms with Crippen molar-refractivity contribution in [2.75, 3.05) is 38.6 Å². The quantitative estimate of drug-likeness (QED) is 0.406. The van der Waals surface area contributed by atoms with Crippen molar-refractivity contribution in [1.29, 1.82) is 0 Å². The van der Waals surface area contributed by atoms with Crippen LogP contribution >= 0.6 is 0 Å². The number of carbonyl (C=O) groups is 1. The average molecular weight is 501 g/mol. The van der Waals surface area contributed by atoms with Gasteiger partial charge in [-0.3, -0.25) is 4.79 Å². The molecule has 0 bridgehead atoms. The van der Waals surface area contributed by atoms with E-state index in [1.54, 1.807) is 21.3 Å². The Morgan fingerprint density at radius 3 is 2.14 bits per heavy atom. The number of hydrogen-bond donors (Lipinski definition) is 2. The molecule has 0 saturated heterocycles. The summed E-state index contributed by atoms with van der Waals surface area (Å²) in [4.78, 5) is 13.9. The van der Waals surface area contributed by atoms with Crippen molar-refractivity contribution >= 4 is 17.2 Å². The fourth-order valence-electron chi connectivity index (χ4n) is 5.24. The molecule has 0 aromatic heterocycles. The molecule has 5 rings (SSSR count). The Bertz CT molecular complexity index is 1310. The maximum Gasteiger partial charge on any atom is 0.203 e. The van der Waals surface area contributed by atoms with Gasteiger partial charge in [0, 0.05) is 17.7 Å². The van der Waals surface area contributed by atoms with Crippen LogP contribution in [-0.2, 0) is 4.79 Å². The van der Waals surface area contributed by atoms with Crippen molar-refractivity contribution in [3.8, 4) is 23.0 Å². The standard InChI is InChI=1S/C30H32N2O5/c1-5-37-21-12-10-18(11-13-21)29-28-24(31-22-8-6-7-9-23(22)32-29)14-19(15-25(28)33)20-16-26(34-2)30(36-4)27(17-20)35-3/h6-13,16-17,19,29,31-32H,5,14-15H2,1-4H3. The van der Waals surface area contributed by atoms with E-state index in [0.717, 1.165) is 39.5 Å². The van der Waals surface area contributed by atoms with Crippen molar-refractivity contribution in [3.63, 3.8) is 0 Å². The van der Waals surface area contributed by atoms with Crippen LogP contribution in [0.4, 0.5) is 11.4 Å². The number of benzene rings is 3. The van der Waals surface area contributed by atoms with Gasteiger partial charge in [-0.05, 0) is 66.8 Å². The van der Waals surface area contributed by atoms with Gasteiger partial charge in [0.2, 0.25) is 5.75 Å². The monoisotopic (exact) mass is 500 g/mol. The predicted molar refractivity (Wildman–Crippen MR) is 144 cm³/mol. The number of ether oxygens (including phenoxy) is 4. The van der Waals surface area contributed by atoms with E-state index < -0.39 is 0 Å². The van der Waals surface area contributed by atoms with E-state index in [9.17, 15) is 4.79 Å². The van der Waals surface area contributed by atoms with E-state index in [1.165, 1.54) is 0 Å². The molecule has 7 nitrogen and oxygen atoms in total. The number of nitrogens with one attached hydrogen (secondary N) is 2. The highest BCUT2D eigenvalue weighted by atomic mass is 16.5. The molecule has 192 valence electrons. The summed E-state index contributed by atoms with van der Waals surface area (Å²) in [5, 5.41) is 7.21. The molecule has 2 aliphatic rings. The first-order valence-electron chi connectivity index (χ1n) is 12.5. The Morgan fingerprint density at radius 2 is 1.51 bits per heavy atom. The predicted octanol–water partition coefficient (Wildman–Crippen LogP) is 6.09. The topological polar surface area (TPSA) is 78.1 Å². The first kappa shape index (κ1) is 24.6. The van der Waals surface area contributed by atoms with Gasteiger partial charge in [0.25, 0.3) is 0 Å². The molecule has 3 aromatic carbocycles. The highest BCUT2D eigenvalue weighted by Gasteiger charge is 2.36. The van der Waals surface area contributed by atoms with E-state index in [4.69, 9.17) is 18.9 Å². The molecule has 2 unspecified atom stereocenters. The van der Waals surface area contributed by atoms with E-state index in [-0.39, 0.29) is 17.7 Å². The molecule has 2 N–H and O–H groups in total. The molecule has 7 heteroatoms. The molecule has 3 aromatic rings. The highest BCUT2D eigenvalue weighted by Crippen LogP contribution is 2.47. The van der Waals surface area contributed by atoms with Gasteiger partial charge in [-0.1, -0.05) is 24.3 Å². The van der Waals surface area contributed by atoms with Crippen LogP contribution in [-0.4, -0.2) is 33.7 Å². The Labute approximate surface area is 217 Å². The van der Waals surface area contributed by atoms with Gasteiger partial charge in [0.15, 0.2) is 17.3 Å². The molecule has 37 heavy (non-hydrogen) atoms. The number of Topliss-reactive ketones (excluding diaryl/α,β-unsaturated/α-hetero) is 1. The maximum atomic E-state index is 13.9. The molecular weight excluding hydrogens is 468 g/mol. The number of rotatable bonds is 7. The maximum absolute atomic E-state index is 13.9. The van der Waals surface area contributed by atoms with Crippen LogP contribution in [0.25, 0.3) is 0 Å². The van der Waals surface area contributed by atoms with Gasteiger partial charge >= 0.3 is 0 Å². The second-order valence-corrected chi connectivity index (χ2v) is 9.13. The third-order valence-electron chi connectivity index (χ3n) is 6.99. The van der Waals surface area contributed by atoms with Gasteiger partial charge in [0.05, 0.1) is 45.4 Å². The van der Waals surface area contributed by atoms with Crippen LogP contribution in [0.15, 0.2) is 71.9 Å². The Kier molecular flexibility index (Phi) is 6.95. The number of fused-ring (bicyclic) bond motifs is 1. The summed E-state index contributed by atoms with van der Waals surface area (Å²) in [5.41, 5.74) is 5.57. The van der Waals surface area contributed by atoms with Crippen LogP contribution in [0, 0.1) is 0 Å². The second kappa shape index (κ2) is 10.5. The van der Waals surface area contributed by atoms with E-state index >= 15 is 0 Å². The molecule has 0 fully saturated rings. The number of methoxy groups -OCH3 is 3. The van der Waals surface area contributed by atoms with Crippen molar-refractivity contribution < 1.29 is 23.7 Å². The molecule has 1 aliphatic heterocycles. The second-order valence-electron chi connectivity index (χ2n) is 9.13. The van der Waals surface area contributed by atoms with Crippen LogP contribution in [0.5, 0.6) is 23.0 Å². The number of carbonyl (C=O) groups excluding carboxylic acids is 1. The van der Waals surface area contributed by atoms with Crippen LogP contribution in [0.2, 0.25) is 0 Å². The first-order valence-corrected chi connectivity index (χ1v) is 12.5. The van der Waals surface area contributed by atoms with E-state index in [0.29, 0.717) is 36.7 Å². The number of hydrogen-bond acceptors (Lipinski definition) is 7. The smallest absolute Gasteiger partial charge is 0.203 e. The van der Waals surface area contributed by atoms with Gasteiger partial charge in [0.1, 0.15) is 5.75 Å². The normalized spacial score (nSPS) is 18.5. The number of anilines is 2. The van der Waals surface area contributed by atoms with Crippen molar-refractivity contribution in [3.05, 3.63) is 83.1 Å². The molecule has 0 spiro atoms. The van der Waals surface area contributed by atoms with Crippen LogP contribution < -0.4 is 29.6 Å². The van der Waals surface area contributed by atoms with Crippen LogP contribution in [0.3, 0.4) is 0 Å². The van der Waals surface area contributed by atoms with E-state index in [1.807, 2.05) is 67.6 Å². The minimum atomic E-state index is -0.282. The summed E-state index contributed by atoms with van der Waals surface area (Å²) < 4.78 is 22.3. The highest BCUT2D eigenvalue weighted by molar-refractivity contribution is 6.01. The summed E-state index contributed by atoms with van der Waals surface area (Å²) in [6.45, 7) is 2.57. The summed E-state index contributed by atoms with van der Waals surface area (Å²) in [5.74, 6) is 2.57. The Hall–Kier alpha value is -4.13. The fourth-order valence-corrected chi connectivity index (χ4v) is 5.24. The van der Waals surface area contributed by atoms with Crippen molar-refractivity contribution in [2.45, 2.75) is 31.7 Å². The molecule has 0 saturated carbocycles. The number of allylic oxidation sites excluding steroid dienone is 1. The largest absolute Gasteiger partial charge is 0.494 e. The van der Waals surface area contributed by atoms with Gasteiger partial charge in [-0.2, -0.15) is 0 Å². The third-order valence-corrected chi connectivity index (χ3v) is 6.99. The summed E-state index contributed by atoms with van der Waals surface area (Å²) in [6.07, 6.45) is 1.05. The Balaban J connectivity index is 1.57. The third kappa shape index (κ3) is 4.69. The molecule has 2 atom stereocenters. The molecule has 1 aliphatic carbocycles. The van der Waals surface area contributed by atoms with E-state index in [2.05, 4.69) is 10.6 Å². The first-order chi connectivity index (χ1) is 18.1. The lowest BCUT2D eigenvalue weighted by Crippen LogP contribution is -2.27. The average Bonchev–Trinajstić information content (AvgIpc) is 3.09. The van der Waals surface area contributed by atoms with Gasteiger partial charge in [-0.25, -0.2) is 0 Å². The van der Waals surface area contributed by atoms with Crippen LogP contribution in [0.1, 0.15) is 42.9 Å². The van der Waals surface area contributed by atoms with Crippen molar-refractivity contribution in [1.82, 2.24) is 0 Å².